The molecule has 0 saturated heterocycles. The number of hydrogen-bond donors (Lipinski definition) is 1. The average Bonchev–Trinajstić information content (AvgIpc) is 3.12. The van der Waals surface area contributed by atoms with Gasteiger partial charge in [0.1, 0.15) is 0 Å². The summed E-state index contributed by atoms with van der Waals surface area (Å²) in [5.41, 5.74) is 0.490. The first-order valence-electron chi connectivity index (χ1n) is 7.71. The number of benzene rings is 1. The van der Waals surface area contributed by atoms with E-state index in [1.165, 1.54) is 17.4 Å². The molecular formula is C18H15F3N2OS2. The van der Waals surface area contributed by atoms with Crippen molar-refractivity contribution in [3.05, 3.63) is 67.9 Å². The zero-order chi connectivity index (χ0) is 18.9. The third-order valence-corrected chi connectivity index (χ3v) is 5.57. The van der Waals surface area contributed by atoms with Gasteiger partial charge >= 0.3 is 6.18 Å². The van der Waals surface area contributed by atoms with Crippen molar-refractivity contribution in [2.24, 2.45) is 0 Å². The summed E-state index contributed by atoms with van der Waals surface area (Å²) in [5, 5.41) is 3.18. The van der Waals surface area contributed by atoms with Crippen molar-refractivity contribution < 1.29 is 18.0 Å². The molecule has 1 N–H and O–H groups in total. The number of nitrogens with one attached hydrogen (secondary N) is 1. The third kappa shape index (κ3) is 4.31. The Hall–Kier alpha value is -2.19. The fraction of sp³-hybridized carbons (Fsp3) is 0.222. The van der Waals surface area contributed by atoms with E-state index in [-0.39, 0.29) is 5.91 Å². The summed E-state index contributed by atoms with van der Waals surface area (Å²) in [7, 11) is 0. The molecular weight excluding hydrogens is 381 g/mol. The second-order valence-corrected chi connectivity index (χ2v) is 8.36. The third-order valence-electron chi connectivity index (χ3n) is 3.69. The van der Waals surface area contributed by atoms with Crippen molar-refractivity contribution in [1.82, 2.24) is 4.98 Å². The maximum absolute atomic E-state index is 12.8. The zero-order valence-electron chi connectivity index (χ0n) is 14.0. The van der Waals surface area contributed by atoms with E-state index in [4.69, 9.17) is 0 Å². The second kappa shape index (κ2) is 7.20. The van der Waals surface area contributed by atoms with Crippen LogP contribution in [0.4, 0.5) is 18.3 Å². The number of thiophene rings is 1. The number of anilines is 1. The monoisotopic (exact) mass is 396 g/mol. The lowest BCUT2D eigenvalue weighted by Gasteiger charge is -2.07. The lowest BCUT2D eigenvalue weighted by atomic mass is 10.1. The van der Waals surface area contributed by atoms with Crippen LogP contribution >= 0.6 is 22.7 Å². The normalized spacial score (nSPS) is 11.6. The summed E-state index contributed by atoms with van der Waals surface area (Å²) in [4.78, 5) is 19.2. The van der Waals surface area contributed by atoms with Crippen molar-refractivity contribution in [2.75, 3.05) is 5.32 Å². The first kappa shape index (κ1) is 18.6. The topological polar surface area (TPSA) is 42.0 Å². The Balaban J connectivity index is 1.70. The number of alkyl halides is 3. The highest BCUT2D eigenvalue weighted by molar-refractivity contribution is 7.15. The Morgan fingerprint density at radius 2 is 1.96 bits per heavy atom. The molecule has 0 spiro atoms. The van der Waals surface area contributed by atoms with E-state index < -0.39 is 11.7 Å². The summed E-state index contributed by atoms with van der Waals surface area (Å²) >= 11 is 2.80. The minimum absolute atomic E-state index is 0.230. The van der Waals surface area contributed by atoms with E-state index in [0.29, 0.717) is 22.7 Å². The number of amides is 1. The molecule has 0 aliphatic rings. The fourth-order valence-corrected chi connectivity index (χ4v) is 4.29. The number of aryl methyl sites for hydroxylation is 2. The van der Waals surface area contributed by atoms with E-state index in [9.17, 15) is 18.0 Å². The molecule has 0 fully saturated rings. The number of aromatic nitrogens is 1. The van der Waals surface area contributed by atoms with Crippen molar-refractivity contribution >= 4 is 33.7 Å². The molecule has 0 saturated carbocycles. The van der Waals surface area contributed by atoms with Crippen LogP contribution in [0, 0.1) is 13.8 Å². The predicted octanol–water partition coefficient (Wildman–Crippen LogP) is 5.68. The SMILES string of the molecule is Cc1cc(C(=O)Nc2ncc(Cc3cccc(C(F)(F)F)c3)s2)c(C)s1. The number of hydrogen-bond acceptors (Lipinski definition) is 4. The summed E-state index contributed by atoms with van der Waals surface area (Å²) in [6.45, 7) is 3.82. The molecule has 2 heterocycles. The van der Waals surface area contributed by atoms with Gasteiger partial charge in [-0.05, 0) is 31.5 Å². The van der Waals surface area contributed by atoms with Gasteiger partial charge in [-0.3, -0.25) is 10.1 Å². The Bertz CT molecular complexity index is 944. The van der Waals surface area contributed by atoms with Crippen LogP contribution in [0.15, 0.2) is 36.5 Å². The average molecular weight is 396 g/mol. The molecule has 0 aliphatic heterocycles. The van der Waals surface area contributed by atoms with E-state index in [0.717, 1.165) is 26.8 Å². The summed E-state index contributed by atoms with van der Waals surface area (Å²) in [6.07, 6.45) is -2.46. The first-order valence-corrected chi connectivity index (χ1v) is 9.35. The quantitative estimate of drug-likeness (QED) is 0.616. The van der Waals surface area contributed by atoms with Gasteiger partial charge in [-0.2, -0.15) is 13.2 Å². The highest BCUT2D eigenvalue weighted by Gasteiger charge is 2.30. The molecule has 3 aromatic rings. The van der Waals surface area contributed by atoms with Gasteiger partial charge in [0, 0.05) is 27.2 Å². The highest BCUT2D eigenvalue weighted by Crippen LogP contribution is 2.31. The summed E-state index contributed by atoms with van der Waals surface area (Å²) in [6, 6.07) is 7.04. The lowest BCUT2D eigenvalue weighted by molar-refractivity contribution is -0.137. The van der Waals surface area contributed by atoms with E-state index in [1.807, 2.05) is 19.9 Å². The van der Waals surface area contributed by atoms with Crippen molar-refractivity contribution in [2.45, 2.75) is 26.4 Å². The van der Waals surface area contributed by atoms with Crippen LogP contribution < -0.4 is 5.32 Å². The van der Waals surface area contributed by atoms with Gasteiger partial charge in [0.05, 0.1) is 11.1 Å². The largest absolute Gasteiger partial charge is 0.416 e. The van der Waals surface area contributed by atoms with Crippen molar-refractivity contribution in [3.8, 4) is 0 Å². The molecule has 0 aliphatic carbocycles. The maximum atomic E-state index is 12.8. The van der Waals surface area contributed by atoms with Gasteiger partial charge in [0.25, 0.3) is 5.91 Å². The van der Waals surface area contributed by atoms with Crippen LogP contribution in [0.3, 0.4) is 0 Å². The lowest BCUT2D eigenvalue weighted by Crippen LogP contribution is -2.11. The number of thiazole rings is 1. The second-order valence-electron chi connectivity index (χ2n) is 5.79. The van der Waals surface area contributed by atoms with Crippen LogP contribution in [0.1, 0.15) is 36.1 Å². The first-order chi connectivity index (χ1) is 12.2. The highest BCUT2D eigenvalue weighted by atomic mass is 32.1. The number of halogens is 3. The van der Waals surface area contributed by atoms with Crippen LogP contribution in [0.2, 0.25) is 0 Å². The van der Waals surface area contributed by atoms with Crippen LogP contribution in [-0.4, -0.2) is 10.9 Å². The molecule has 0 bridgehead atoms. The number of carbonyl (C=O) groups is 1. The summed E-state index contributed by atoms with van der Waals surface area (Å²) in [5.74, 6) is -0.230. The fourth-order valence-electron chi connectivity index (χ4n) is 2.53. The van der Waals surface area contributed by atoms with E-state index in [1.54, 1.807) is 23.6 Å². The molecule has 1 aromatic carbocycles. The Labute approximate surface area is 156 Å². The number of rotatable bonds is 4. The van der Waals surface area contributed by atoms with Crippen LogP contribution in [-0.2, 0) is 12.6 Å². The molecule has 26 heavy (non-hydrogen) atoms. The van der Waals surface area contributed by atoms with E-state index in [2.05, 4.69) is 10.3 Å². The molecule has 3 nitrogen and oxygen atoms in total. The number of nitrogens with zero attached hydrogens (tertiary/aromatic N) is 1. The molecule has 8 heteroatoms. The van der Waals surface area contributed by atoms with Gasteiger partial charge in [0.2, 0.25) is 0 Å². The van der Waals surface area contributed by atoms with Gasteiger partial charge in [-0.15, -0.1) is 22.7 Å². The van der Waals surface area contributed by atoms with Crippen LogP contribution in [0.25, 0.3) is 0 Å². The maximum Gasteiger partial charge on any atom is 0.416 e. The standard InChI is InChI=1S/C18H15F3N2OS2/c1-10-6-15(11(2)25-10)16(24)23-17-22-9-14(26-17)8-12-4-3-5-13(7-12)18(19,20)21/h3-7,9H,8H2,1-2H3,(H,22,23,24). The number of carbonyl (C=O) groups excluding carboxylic acids is 1. The Kier molecular flexibility index (Phi) is 5.15. The van der Waals surface area contributed by atoms with Crippen molar-refractivity contribution in [1.29, 1.82) is 0 Å². The minimum Gasteiger partial charge on any atom is -0.298 e. The molecule has 0 unspecified atom stereocenters. The molecule has 1 amide bonds. The van der Waals surface area contributed by atoms with Gasteiger partial charge < -0.3 is 0 Å². The zero-order valence-corrected chi connectivity index (χ0v) is 15.6. The Morgan fingerprint density at radius 3 is 2.62 bits per heavy atom. The minimum atomic E-state index is -4.36. The Morgan fingerprint density at radius 1 is 1.19 bits per heavy atom. The predicted molar refractivity (Wildman–Crippen MR) is 98.1 cm³/mol. The molecule has 136 valence electrons. The molecule has 3 rings (SSSR count). The van der Waals surface area contributed by atoms with Crippen molar-refractivity contribution in [3.63, 3.8) is 0 Å². The van der Waals surface area contributed by atoms with Gasteiger partial charge in [-0.25, -0.2) is 4.98 Å². The van der Waals surface area contributed by atoms with E-state index >= 15 is 0 Å². The molecule has 2 aromatic heterocycles. The van der Waals surface area contributed by atoms with Gasteiger partial charge in [0.15, 0.2) is 5.13 Å². The molecule has 0 radical (unpaired) electrons. The summed E-state index contributed by atoms with van der Waals surface area (Å²) < 4.78 is 38.4. The molecule has 0 atom stereocenters. The van der Waals surface area contributed by atoms with Crippen LogP contribution in [0.5, 0.6) is 0 Å². The smallest absolute Gasteiger partial charge is 0.298 e. The van der Waals surface area contributed by atoms with Gasteiger partial charge in [-0.1, -0.05) is 18.2 Å².